The van der Waals surface area contributed by atoms with Gasteiger partial charge in [-0.1, -0.05) is 48.7 Å². The number of hydrogen-bond donors (Lipinski definition) is 0. The van der Waals surface area contributed by atoms with Gasteiger partial charge in [0.15, 0.2) is 5.82 Å². The summed E-state index contributed by atoms with van der Waals surface area (Å²) in [5.41, 5.74) is 4.23. The minimum atomic E-state index is -0.522. The standard InChI is InChI=1S/C23H28ClFN4O2/c1-5-19(22-18(25)11-17(24)12-26-22)28-30-13-23(3,4)14-31-29-20-8-6-7-16-10-9-15(2)27-21(16)20/h9-12H,5-8,13-14H2,1-4H3/b28-19-,29-20+. The van der Waals surface area contributed by atoms with Crippen LogP contribution in [0.5, 0.6) is 0 Å². The second-order valence-corrected chi connectivity index (χ2v) is 8.87. The molecule has 3 rings (SSSR count). The van der Waals surface area contributed by atoms with Crippen molar-refractivity contribution < 1.29 is 14.1 Å². The topological polar surface area (TPSA) is 69.0 Å². The van der Waals surface area contributed by atoms with Gasteiger partial charge in [0, 0.05) is 17.3 Å². The fourth-order valence-electron chi connectivity index (χ4n) is 3.20. The molecule has 2 aromatic heterocycles. The van der Waals surface area contributed by atoms with Crippen LogP contribution in [-0.2, 0) is 16.1 Å². The van der Waals surface area contributed by atoms with E-state index in [2.05, 4.69) is 26.3 Å². The van der Waals surface area contributed by atoms with Crippen molar-refractivity contribution in [2.24, 2.45) is 15.7 Å². The Kier molecular flexibility index (Phi) is 7.59. The molecule has 0 fully saturated rings. The monoisotopic (exact) mass is 446 g/mol. The molecule has 0 bridgehead atoms. The summed E-state index contributed by atoms with van der Waals surface area (Å²) in [5.74, 6) is -0.522. The fourth-order valence-corrected chi connectivity index (χ4v) is 3.35. The van der Waals surface area contributed by atoms with Crippen LogP contribution in [0.4, 0.5) is 4.39 Å². The van der Waals surface area contributed by atoms with Crippen molar-refractivity contribution in [3.8, 4) is 0 Å². The molecule has 0 saturated heterocycles. The second-order valence-electron chi connectivity index (χ2n) is 8.44. The molecule has 0 saturated carbocycles. The van der Waals surface area contributed by atoms with Gasteiger partial charge in [0.2, 0.25) is 0 Å². The van der Waals surface area contributed by atoms with Crippen LogP contribution in [0, 0.1) is 18.2 Å². The molecule has 0 unspecified atom stereocenters. The lowest BCUT2D eigenvalue weighted by Gasteiger charge is -2.22. The normalized spacial score (nSPS) is 15.7. The Morgan fingerprint density at radius 2 is 2.00 bits per heavy atom. The molecular weight excluding hydrogens is 419 g/mol. The van der Waals surface area contributed by atoms with E-state index in [9.17, 15) is 4.39 Å². The van der Waals surface area contributed by atoms with Gasteiger partial charge in [-0.25, -0.2) is 4.39 Å². The molecule has 0 N–H and O–H groups in total. The Morgan fingerprint density at radius 3 is 2.74 bits per heavy atom. The highest BCUT2D eigenvalue weighted by Crippen LogP contribution is 2.22. The van der Waals surface area contributed by atoms with Gasteiger partial charge in [-0.2, -0.15) is 0 Å². The predicted molar refractivity (Wildman–Crippen MR) is 120 cm³/mol. The van der Waals surface area contributed by atoms with Crippen LogP contribution >= 0.6 is 11.6 Å². The lowest BCUT2D eigenvalue weighted by molar-refractivity contribution is -0.000270. The summed E-state index contributed by atoms with van der Waals surface area (Å²) in [6, 6.07) is 5.36. The predicted octanol–water partition coefficient (Wildman–Crippen LogP) is 5.49. The summed E-state index contributed by atoms with van der Waals surface area (Å²) in [7, 11) is 0. The third-order valence-corrected chi connectivity index (χ3v) is 5.13. The first kappa shape index (κ1) is 23.1. The van der Waals surface area contributed by atoms with Gasteiger partial charge < -0.3 is 9.68 Å². The molecule has 1 aliphatic rings. The van der Waals surface area contributed by atoms with Gasteiger partial charge in [0.05, 0.1) is 10.7 Å². The smallest absolute Gasteiger partial charge is 0.152 e. The summed E-state index contributed by atoms with van der Waals surface area (Å²) in [6.07, 6.45) is 4.77. The van der Waals surface area contributed by atoms with Gasteiger partial charge in [-0.3, -0.25) is 9.97 Å². The Bertz CT molecular complexity index is 992. The molecule has 2 aromatic rings. The van der Waals surface area contributed by atoms with E-state index in [4.69, 9.17) is 21.3 Å². The molecule has 2 heterocycles. The molecule has 6 nitrogen and oxygen atoms in total. The van der Waals surface area contributed by atoms with Crippen molar-refractivity contribution in [3.05, 3.63) is 57.9 Å². The Balaban J connectivity index is 1.59. The molecule has 166 valence electrons. The van der Waals surface area contributed by atoms with Gasteiger partial charge in [-0.15, -0.1) is 0 Å². The summed E-state index contributed by atoms with van der Waals surface area (Å²) in [4.78, 5) is 19.8. The molecule has 0 radical (unpaired) electrons. The van der Waals surface area contributed by atoms with Gasteiger partial charge in [0.25, 0.3) is 0 Å². The second kappa shape index (κ2) is 10.2. The van der Waals surface area contributed by atoms with Crippen molar-refractivity contribution in [3.63, 3.8) is 0 Å². The van der Waals surface area contributed by atoms with Crippen LogP contribution < -0.4 is 0 Å². The zero-order valence-electron chi connectivity index (χ0n) is 18.4. The average Bonchev–Trinajstić information content (AvgIpc) is 2.72. The third kappa shape index (κ3) is 6.23. The summed E-state index contributed by atoms with van der Waals surface area (Å²) < 4.78 is 14.1. The van der Waals surface area contributed by atoms with Gasteiger partial charge in [-0.05, 0) is 50.3 Å². The fraction of sp³-hybridized carbons (Fsp3) is 0.478. The Labute approximate surface area is 187 Å². The molecule has 31 heavy (non-hydrogen) atoms. The van der Waals surface area contributed by atoms with Crippen LogP contribution in [0.25, 0.3) is 0 Å². The van der Waals surface area contributed by atoms with E-state index in [0.29, 0.717) is 18.7 Å². The number of oxime groups is 2. The lowest BCUT2D eigenvalue weighted by atomic mass is 9.94. The van der Waals surface area contributed by atoms with Crippen molar-refractivity contribution >= 4 is 23.0 Å². The van der Waals surface area contributed by atoms with Crippen molar-refractivity contribution in [2.75, 3.05) is 13.2 Å². The maximum absolute atomic E-state index is 14.1. The van der Waals surface area contributed by atoms with E-state index in [-0.39, 0.29) is 22.7 Å². The van der Waals surface area contributed by atoms with Gasteiger partial charge in [0.1, 0.15) is 30.3 Å². The van der Waals surface area contributed by atoms with E-state index in [1.54, 1.807) is 0 Å². The van der Waals surface area contributed by atoms with Crippen molar-refractivity contribution in [2.45, 2.75) is 53.4 Å². The third-order valence-electron chi connectivity index (χ3n) is 4.93. The number of halogens is 2. The molecule has 0 atom stereocenters. The van der Waals surface area contributed by atoms with Crippen LogP contribution in [0.3, 0.4) is 0 Å². The zero-order valence-corrected chi connectivity index (χ0v) is 19.2. The molecular formula is C23H28ClFN4O2. The van der Waals surface area contributed by atoms with Gasteiger partial charge >= 0.3 is 0 Å². The molecule has 8 heteroatoms. The Hall–Kier alpha value is -2.54. The van der Waals surface area contributed by atoms with Crippen molar-refractivity contribution in [1.29, 1.82) is 0 Å². The molecule has 0 amide bonds. The highest BCUT2D eigenvalue weighted by atomic mass is 35.5. The minimum Gasteiger partial charge on any atom is -0.395 e. The zero-order chi connectivity index (χ0) is 22.4. The number of aromatic nitrogens is 2. The van der Waals surface area contributed by atoms with E-state index in [1.165, 1.54) is 17.8 Å². The molecule has 0 aromatic carbocycles. The van der Waals surface area contributed by atoms with Crippen molar-refractivity contribution in [1.82, 2.24) is 9.97 Å². The SMILES string of the molecule is CC/C(=N/OCC(C)(C)CO/N=C1\CCCc2ccc(C)nc21)c1ncc(Cl)cc1F. The number of pyridine rings is 2. The molecule has 1 aliphatic carbocycles. The van der Waals surface area contributed by atoms with E-state index >= 15 is 0 Å². The van der Waals surface area contributed by atoms with Crippen LogP contribution in [0.15, 0.2) is 34.7 Å². The number of aryl methyl sites for hydroxylation is 2. The van der Waals surface area contributed by atoms with Crippen LogP contribution in [0.1, 0.15) is 62.7 Å². The Morgan fingerprint density at radius 1 is 1.23 bits per heavy atom. The first-order valence-corrected chi connectivity index (χ1v) is 10.8. The van der Waals surface area contributed by atoms with E-state index < -0.39 is 5.82 Å². The maximum atomic E-state index is 14.1. The average molecular weight is 447 g/mol. The van der Waals surface area contributed by atoms with Crippen LogP contribution in [0.2, 0.25) is 5.02 Å². The minimum absolute atomic E-state index is 0.145. The maximum Gasteiger partial charge on any atom is 0.152 e. The highest BCUT2D eigenvalue weighted by molar-refractivity contribution is 6.30. The first-order valence-electron chi connectivity index (χ1n) is 10.4. The van der Waals surface area contributed by atoms with E-state index in [0.717, 1.165) is 36.4 Å². The molecule has 0 spiro atoms. The van der Waals surface area contributed by atoms with Crippen LogP contribution in [-0.4, -0.2) is 34.6 Å². The largest absolute Gasteiger partial charge is 0.395 e. The molecule has 0 aliphatic heterocycles. The summed E-state index contributed by atoms with van der Waals surface area (Å²) in [5, 5.41) is 8.70. The number of nitrogens with zero attached hydrogens (tertiary/aromatic N) is 4. The summed E-state index contributed by atoms with van der Waals surface area (Å²) in [6.45, 7) is 8.45. The number of hydrogen-bond acceptors (Lipinski definition) is 6. The summed E-state index contributed by atoms with van der Waals surface area (Å²) >= 11 is 5.77. The first-order chi connectivity index (χ1) is 14.8. The lowest BCUT2D eigenvalue weighted by Crippen LogP contribution is -2.25. The number of rotatable bonds is 8. The quantitative estimate of drug-likeness (QED) is 0.397. The number of fused-ring (bicyclic) bond motifs is 1. The highest BCUT2D eigenvalue weighted by Gasteiger charge is 2.22. The van der Waals surface area contributed by atoms with E-state index in [1.807, 2.05) is 33.8 Å².